The molecule has 5 amide bonds. The van der Waals surface area contributed by atoms with E-state index in [1.165, 1.54) is 0 Å². The summed E-state index contributed by atoms with van der Waals surface area (Å²) >= 11 is 0. The second-order valence-electron chi connectivity index (χ2n) is 9.39. The van der Waals surface area contributed by atoms with Crippen LogP contribution in [0.5, 0.6) is 0 Å². The lowest BCUT2D eigenvalue weighted by Gasteiger charge is -2.29. The van der Waals surface area contributed by atoms with E-state index in [0.717, 1.165) is 0 Å². The summed E-state index contributed by atoms with van der Waals surface area (Å²) in [6.45, 7) is 3.79. The molecule has 18 nitrogen and oxygen atoms in total. The quantitative estimate of drug-likeness (QED) is 0.0440. The van der Waals surface area contributed by atoms with Gasteiger partial charge in [0.1, 0.15) is 0 Å². The number of hydrogen-bond donors (Lipinski definition) is 10. The molecule has 0 fully saturated rings. The van der Waals surface area contributed by atoms with E-state index in [1.807, 2.05) is 4.90 Å². The Balaban J connectivity index is 5.58. The topological polar surface area (TPSA) is 285 Å². The molecule has 0 atom stereocenters. The van der Waals surface area contributed by atoms with Gasteiger partial charge in [-0.1, -0.05) is 0 Å². The molecule has 0 aliphatic heterocycles. The summed E-state index contributed by atoms with van der Waals surface area (Å²) in [5.41, 5.74) is 27.4. The van der Waals surface area contributed by atoms with Crippen LogP contribution in [0.3, 0.4) is 0 Å². The Morgan fingerprint density at radius 2 is 0.548 bits per heavy atom. The van der Waals surface area contributed by atoms with Crippen molar-refractivity contribution in [2.45, 2.75) is 0 Å². The molecular weight excluding hydrogens is 550 g/mol. The fourth-order valence-corrected chi connectivity index (χ4v) is 3.62. The lowest BCUT2D eigenvalue weighted by molar-refractivity contribution is -0.126. The highest BCUT2D eigenvalue weighted by molar-refractivity contribution is 5.82. The second kappa shape index (κ2) is 25.7. The third-order valence-electron chi connectivity index (χ3n) is 5.63. The maximum Gasteiger partial charge on any atom is 0.234 e. The number of nitrogens with two attached hydrogens (primary N) is 5. The number of carbonyl (C=O) groups is 5. The lowest BCUT2D eigenvalue weighted by Crippen LogP contribution is -2.50. The molecule has 0 aliphatic rings. The second-order valence-corrected chi connectivity index (χ2v) is 9.39. The molecule has 0 aromatic carbocycles. The van der Waals surface area contributed by atoms with Gasteiger partial charge in [-0.15, -0.1) is 0 Å². The monoisotopic (exact) mass is 603 g/mol. The van der Waals surface area contributed by atoms with Crippen molar-refractivity contribution in [2.24, 2.45) is 28.7 Å². The van der Waals surface area contributed by atoms with Crippen LogP contribution in [0.1, 0.15) is 0 Å². The minimum atomic E-state index is -0.294. The van der Waals surface area contributed by atoms with Crippen LogP contribution in [0.4, 0.5) is 0 Å². The molecule has 0 saturated heterocycles. The van der Waals surface area contributed by atoms with Crippen molar-refractivity contribution in [2.75, 3.05) is 124 Å². The molecule has 0 rings (SSSR count). The van der Waals surface area contributed by atoms with E-state index in [1.54, 1.807) is 9.80 Å². The first kappa shape index (κ1) is 39.0. The van der Waals surface area contributed by atoms with Crippen LogP contribution in [-0.2, 0) is 24.0 Å². The molecule has 0 radical (unpaired) electrons. The molecule has 15 N–H and O–H groups in total. The number of nitrogens with one attached hydrogen (secondary N) is 5. The van der Waals surface area contributed by atoms with Crippen molar-refractivity contribution < 1.29 is 24.0 Å². The number of carbonyl (C=O) groups excluding carboxylic acids is 5. The van der Waals surface area contributed by atoms with Crippen LogP contribution in [-0.4, -0.2) is 169 Å². The number of nitrogens with zero attached hydrogens (tertiary/aromatic N) is 3. The maximum atomic E-state index is 12.5. The molecule has 0 heterocycles. The minimum absolute atomic E-state index is 0.000833. The van der Waals surface area contributed by atoms with E-state index in [0.29, 0.717) is 45.8 Å². The summed E-state index contributed by atoms with van der Waals surface area (Å²) in [4.78, 5) is 67.2. The Labute approximate surface area is 248 Å². The summed E-state index contributed by atoms with van der Waals surface area (Å²) in [7, 11) is 0. The molecule has 0 spiro atoms. The maximum absolute atomic E-state index is 12.5. The van der Waals surface area contributed by atoms with Crippen LogP contribution < -0.4 is 55.3 Å². The summed E-state index contributed by atoms with van der Waals surface area (Å²) in [6, 6.07) is 0. The smallest absolute Gasteiger partial charge is 0.234 e. The van der Waals surface area contributed by atoms with Crippen molar-refractivity contribution in [3.63, 3.8) is 0 Å². The fraction of sp³-hybridized carbons (Fsp3) is 0.792. The van der Waals surface area contributed by atoms with Gasteiger partial charge in [-0.25, -0.2) is 0 Å². The highest BCUT2D eigenvalue weighted by atomic mass is 16.2. The molecule has 0 aromatic heterocycles. The average Bonchev–Trinajstić information content (AvgIpc) is 2.96. The van der Waals surface area contributed by atoms with E-state index >= 15 is 0 Å². The molecular formula is C24H53N13O5. The molecule has 0 saturated carbocycles. The van der Waals surface area contributed by atoms with Gasteiger partial charge < -0.3 is 55.3 Å². The molecule has 0 unspecified atom stereocenters. The number of amides is 5. The Hall–Kier alpha value is -2.97. The van der Waals surface area contributed by atoms with Gasteiger partial charge in [-0.3, -0.25) is 38.7 Å². The van der Waals surface area contributed by atoms with Gasteiger partial charge in [0.05, 0.1) is 32.7 Å². The van der Waals surface area contributed by atoms with E-state index < -0.39 is 0 Å². The van der Waals surface area contributed by atoms with Gasteiger partial charge in [0, 0.05) is 91.6 Å². The first-order valence-corrected chi connectivity index (χ1v) is 14.2. The zero-order valence-corrected chi connectivity index (χ0v) is 24.7. The van der Waals surface area contributed by atoms with Crippen molar-refractivity contribution in [1.82, 2.24) is 41.3 Å². The van der Waals surface area contributed by atoms with E-state index in [-0.39, 0.29) is 108 Å². The molecule has 0 aliphatic carbocycles. The zero-order valence-electron chi connectivity index (χ0n) is 24.7. The predicted octanol–water partition coefficient (Wildman–Crippen LogP) is -7.73. The third-order valence-corrected chi connectivity index (χ3v) is 5.63. The molecule has 0 aromatic rings. The highest BCUT2D eigenvalue weighted by Gasteiger charge is 2.20. The Morgan fingerprint density at radius 3 is 0.762 bits per heavy atom. The number of rotatable bonds is 26. The van der Waals surface area contributed by atoms with Gasteiger partial charge in [0.25, 0.3) is 0 Å². The summed E-state index contributed by atoms with van der Waals surface area (Å²) in [5, 5.41) is 13.5. The first-order chi connectivity index (χ1) is 20.2. The van der Waals surface area contributed by atoms with Gasteiger partial charge in [-0.2, -0.15) is 0 Å². The summed E-state index contributed by atoms with van der Waals surface area (Å²) < 4.78 is 0. The van der Waals surface area contributed by atoms with E-state index in [9.17, 15) is 24.0 Å². The summed E-state index contributed by atoms with van der Waals surface area (Å²) in [6.07, 6.45) is 0. The minimum Gasteiger partial charge on any atom is -0.354 e. The normalized spacial score (nSPS) is 11.0. The lowest BCUT2D eigenvalue weighted by atomic mass is 10.3. The first-order valence-electron chi connectivity index (χ1n) is 14.2. The largest absolute Gasteiger partial charge is 0.354 e. The van der Waals surface area contributed by atoms with E-state index in [2.05, 4.69) is 26.6 Å². The Kier molecular flexibility index (Phi) is 23.9. The van der Waals surface area contributed by atoms with Crippen LogP contribution in [0.2, 0.25) is 0 Å². The van der Waals surface area contributed by atoms with Crippen LogP contribution in [0.25, 0.3) is 0 Å². The van der Waals surface area contributed by atoms with Crippen LogP contribution >= 0.6 is 0 Å². The van der Waals surface area contributed by atoms with Gasteiger partial charge in [-0.05, 0) is 0 Å². The number of hydrogen-bond acceptors (Lipinski definition) is 13. The zero-order chi connectivity index (χ0) is 31.6. The van der Waals surface area contributed by atoms with Crippen LogP contribution in [0, 0.1) is 0 Å². The van der Waals surface area contributed by atoms with Gasteiger partial charge >= 0.3 is 0 Å². The Bertz CT molecular complexity index is 694. The Morgan fingerprint density at radius 1 is 0.357 bits per heavy atom. The SMILES string of the molecule is NCCNC(=O)CN(CCN(CC(=O)NCCN)CC(=O)NCCN)CCN(CC(=O)NCCN)CC(=O)NCCN. The van der Waals surface area contributed by atoms with Crippen molar-refractivity contribution in [1.29, 1.82) is 0 Å². The average molecular weight is 604 g/mol. The van der Waals surface area contributed by atoms with Gasteiger partial charge in [0.2, 0.25) is 29.5 Å². The summed E-state index contributed by atoms with van der Waals surface area (Å²) in [5.74, 6) is -1.44. The van der Waals surface area contributed by atoms with Crippen molar-refractivity contribution in [3.8, 4) is 0 Å². The molecule has 0 bridgehead atoms. The van der Waals surface area contributed by atoms with E-state index in [4.69, 9.17) is 28.7 Å². The van der Waals surface area contributed by atoms with Gasteiger partial charge in [0.15, 0.2) is 0 Å². The van der Waals surface area contributed by atoms with Crippen LogP contribution in [0.15, 0.2) is 0 Å². The predicted molar refractivity (Wildman–Crippen MR) is 160 cm³/mol. The van der Waals surface area contributed by atoms with Crippen molar-refractivity contribution in [3.05, 3.63) is 0 Å². The molecule has 42 heavy (non-hydrogen) atoms. The standard InChI is InChI=1S/C24H53N13O5/c25-1-6-30-20(38)15-35(11-13-36(16-21(39)31-7-2-26)17-22(40)32-8-3-27)12-14-37(18-23(41)33-9-4-28)19-24(42)34-10-5-29/h1-19,25-29H2,(H,30,38)(H,31,39)(H,32,40)(H,33,41)(H,34,42). The highest BCUT2D eigenvalue weighted by Crippen LogP contribution is 1.98. The van der Waals surface area contributed by atoms with Crippen molar-refractivity contribution >= 4 is 29.5 Å². The third kappa shape index (κ3) is 21.7. The molecule has 18 heteroatoms. The molecule has 244 valence electrons. The fourth-order valence-electron chi connectivity index (χ4n) is 3.62.